The highest BCUT2D eigenvalue weighted by atomic mass is 16.5. The molecule has 5 atom stereocenters. The minimum atomic E-state index is -0.0993. The minimum absolute atomic E-state index is 0.0580. The van der Waals surface area contributed by atoms with E-state index in [-0.39, 0.29) is 24.4 Å². The van der Waals surface area contributed by atoms with E-state index in [1.54, 1.807) is 12.1 Å². The maximum Gasteiger partial charge on any atom is 0.228 e. The molecule has 166 valence electrons. The number of hydrogen-bond donors (Lipinski definition) is 1. The fraction of sp³-hybridized carbons (Fsp3) is 0.423. The quantitative estimate of drug-likeness (QED) is 0.602. The van der Waals surface area contributed by atoms with Crippen LogP contribution in [0.3, 0.4) is 0 Å². The maximum absolute atomic E-state index is 13.1. The van der Waals surface area contributed by atoms with Crippen molar-refractivity contribution < 1.29 is 9.32 Å². The van der Waals surface area contributed by atoms with Gasteiger partial charge < -0.3 is 9.84 Å². The van der Waals surface area contributed by atoms with Gasteiger partial charge in [-0.2, -0.15) is 0 Å². The number of pyridine rings is 1. The fourth-order valence-corrected chi connectivity index (χ4v) is 5.65. The number of piperidine rings is 3. The number of para-hydroxylation sites is 1. The largest absolute Gasteiger partial charge is 0.360 e. The van der Waals surface area contributed by atoms with Crippen molar-refractivity contribution in [3.8, 4) is 0 Å². The lowest BCUT2D eigenvalue weighted by Gasteiger charge is -2.52. The van der Waals surface area contributed by atoms with E-state index in [9.17, 15) is 4.79 Å². The second-order valence-electron chi connectivity index (χ2n) is 9.08. The van der Waals surface area contributed by atoms with Gasteiger partial charge in [-0.1, -0.05) is 43.3 Å². The van der Waals surface area contributed by atoms with Gasteiger partial charge in [0.25, 0.3) is 0 Å². The summed E-state index contributed by atoms with van der Waals surface area (Å²) in [7, 11) is 0. The molecule has 3 fully saturated rings. The molecular weight excluding hydrogens is 400 g/mol. The van der Waals surface area contributed by atoms with Crippen molar-refractivity contribution in [1.82, 2.24) is 20.4 Å². The number of benzene rings is 1. The second kappa shape index (κ2) is 8.87. The van der Waals surface area contributed by atoms with Crippen molar-refractivity contribution in [3.63, 3.8) is 0 Å². The Morgan fingerprint density at radius 2 is 2.25 bits per heavy atom. The van der Waals surface area contributed by atoms with Crippen molar-refractivity contribution in [2.45, 2.75) is 44.7 Å². The van der Waals surface area contributed by atoms with Crippen LogP contribution in [-0.2, 0) is 11.2 Å². The first-order valence-corrected chi connectivity index (χ1v) is 11.6. The average Bonchev–Trinajstić information content (AvgIpc) is 3.30. The third kappa shape index (κ3) is 3.95. The zero-order valence-corrected chi connectivity index (χ0v) is 18.5. The summed E-state index contributed by atoms with van der Waals surface area (Å²) in [5, 5.41) is 8.38. The fourth-order valence-electron chi connectivity index (χ4n) is 5.65. The number of rotatable bonds is 7. The minimum Gasteiger partial charge on any atom is -0.360 e. The molecule has 1 amide bonds. The number of fused-ring (bicyclic) bond motifs is 4. The van der Waals surface area contributed by atoms with Crippen LogP contribution in [0.25, 0.3) is 17.0 Å². The summed E-state index contributed by atoms with van der Waals surface area (Å²) in [5.74, 6) is 1.98. The predicted octanol–water partition coefficient (Wildman–Crippen LogP) is 4.39. The van der Waals surface area contributed by atoms with Gasteiger partial charge in [0.1, 0.15) is 11.5 Å². The van der Waals surface area contributed by atoms with Crippen LogP contribution < -0.4 is 5.32 Å². The van der Waals surface area contributed by atoms with E-state index < -0.39 is 0 Å². The molecule has 0 aliphatic carbocycles. The number of carbonyl (C=O) groups excluding carboxylic acids is 1. The Hall–Kier alpha value is -2.99. The van der Waals surface area contributed by atoms with Gasteiger partial charge in [0.05, 0.1) is 18.0 Å². The van der Waals surface area contributed by atoms with E-state index in [4.69, 9.17) is 4.52 Å². The monoisotopic (exact) mass is 430 g/mol. The lowest BCUT2D eigenvalue weighted by atomic mass is 9.72. The van der Waals surface area contributed by atoms with Crippen molar-refractivity contribution in [2.75, 3.05) is 13.1 Å². The second-order valence-corrected chi connectivity index (χ2v) is 9.08. The molecule has 3 aliphatic heterocycles. The van der Waals surface area contributed by atoms with E-state index in [0.29, 0.717) is 11.5 Å². The molecule has 5 heterocycles. The van der Waals surface area contributed by atoms with Crippen molar-refractivity contribution in [2.24, 2.45) is 11.8 Å². The average molecular weight is 431 g/mol. The Morgan fingerprint density at radius 3 is 3.00 bits per heavy atom. The lowest BCUT2D eigenvalue weighted by molar-refractivity contribution is -0.122. The van der Waals surface area contributed by atoms with Gasteiger partial charge in [0.2, 0.25) is 5.91 Å². The zero-order valence-electron chi connectivity index (χ0n) is 18.5. The molecule has 0 spiro atoms. The Bertz CT molecular complexity index is 1120. The molecule has 6 heteroatoms. The molecule has 3 aromatic rings. The highest BCUT2D eigenvalue weighted by Crippen LogP contribution is 2.42. The van der Waals surface area contributed by atoms with Crippen LogP contribution in [0.5, 0.6) is 0 Å². The number of hydrogen-bond acceptors (Lipinski definition) is 5. The molecule has 0 saturated carbocycles. The third-order valence-electron chi connectivity index (χ3n) is 7.30. The molecule has 32 heavy (non-hydrogen) atoms. The molecule has 2 bridgehead atoms. The highest BCUT2D eigenvalue weighted by molar-refractivity contribution is 5.84. The molecule has 2 aromatic heterocycles. The van der Waals surface area contributed by atoms with Crippen molar-refractivity contribution >= 4 is 22.9 Å². The van der Waals surface area contributed by atoms with Crippen LogP contribution in [0, 0.1) is 11.8 Å². The van der Waals surface area contributed by atoms with Gasteiger partial charge in [0, 0.05) is 30.2 Å². The normalized spacial score (nSPS) is 25.5. The Balaban J connectivity index is 1.46. The molecule has 1 N–H and O–H groups in total. The summed E-state index contributed by atoms with van der Waals surface area (Å²) >= 11 is 0. The van der Waals surface area contributed by atoms with Gasteiger partial charge >= 0.3 is 0 Å². The molecule has 6 nitrogen and oxygen atoms in total. The zero-order chi connectivity index (χ0) is 22.1. The summed E-state index contributed by atoms with van der Waals surface area (Å²) in [6.07, 6.45) is 7.23. The van der Waals surface area contributed by atoms with Crippen LogP contribution in [-0.4, -0.2) is 40.1 Å². The first-order chi connectivity index (χ1) is 15.7. The highest BCUT2D eigenvalue weighted by Gasteiger charge is 2.43. The van der Waals surface area contributed by atoms with Crippen LogP contribution >= 0.6 is 0 Å². The van der Waals surface area contributed by atoms with Crippen LogP contribution in [0.15, 0.2) is 53.7 Å². The Morgan fingerprint density at radius 1 is 1.38 bits per heavy atom. The Labute approximate surface area is 188 Å². The van der Waals surface area contributed by atoms with Gasteiger partial charge in [-0.15, -0.1) is 0 Å². The molecule has 1 unspecified atom stereocenters. The smallest absolute Gasteiger partial charge is 0.228 e. The van der Waals surface area contributed by atoms with E-state index in [0.717, 1.165) is 47.8 Å². The number of nitrogens with zero attached hydrogens (tertiary/aromatic N) is 3. The SMILES string of the molecule is C=Cc1cc(CC(=O)N[C@H](c2ccnc3ccccc23)[C@H]2C[C@@H]3CCN2C[C@@H]3CC)on1. The van der Waals surface area contributed by atoms with Crippen LogP contribution in [0.1, 0.15) is 49.2 Å². The predicted molar refractivity (Wildman–Crippen MR) is 125 cm³/mol. The van der Waals surface area contributed by atoms with E-state index in [2.05, 4.69) is 46.0 Å². The van der Waals surface area contributed by atoms with Gasteiger partial charge in [0.15, 0.2) is 0 Å². The number of nitrogens with one attached hydrogen (secondary N) is 1. The van der Waals surface area contributed by atoms with E-state index in [1.165, 1.54) is 12.8 Å². The van der Waals surface area contributed by atoms with Crippen LogP contribution in [0.4, 0.5) is 0 Å². The summed E-state index contributed by atoms with van der Waals surface area (Å²) in [5.41, 5.74) is 2.74. The van der Waals surface area contributed by atoms with Crippen molar-refractivity contribution in [3.05, 3.63) is 66.2 Å². The summed E-state index contributed by atoms with van der Waals surface area (Å²) in [6.45, 7) is 8.22. The topological polar surface area (TPSA) is 71.3 Å². The van der Waals surface area contributed by atoms with E-state index in [1.807, 2.05) is 24.4 Å². The Kier molecular flexibility index (Phi) is 5.79. The van der Waals surface area contributed by atoms with Gasteiger partial charge in [-0.25, -0.2) is 0 Å². The van der Waals surface area contributed by atoms with E-state index >= 15 is 0 Å². The molecule has 6 rings (SSSR count). The van der Waals surface area contributed by atoms with Gasteiger partial charge in [-0.05, 0) is 55.0 Å². The number of amides is 1. The summed E-state index contributed by atoms with van der Waals surface area (Å²) < 4.78 is 5.30. The molecule has 0 radical (unpaired) electrons. The van der Waals surface area contributed by atoms with Crippen LogP contribution in [0.2, 0.25) is 0 Å². The molecule has 3 aliphatic rings. The van der Waals surface area contributed by atoms with Crippen molar-refractivity contribution in [1.29, 1.82) is 0 Å². The first-order valence-electron chi connectivity index (χ1n) is 11.6. The summed E-state index contributed by atoms with van der Waals surface area (Å²) in [6, 6.07) is 12.2. The summed E-state index contributed by atoms with van der Waals surface area (Å²) in [4.78, 5) is 20.3. The third-order valence-corrected chi connectivity index (χ3v) is 7.30. The number of carbonyl (C=O) groups is 1. The maximum atomic E-state index is 13.1. The molecule has 1 aromatic carbocycles. The standard InChI is InChI=1S/C26H30N4O2/c1-3-17-16-30-12-10-18(17)13-24(30)26(22-9-11-27-23-8-6-5-7-21(22)23)28-25(31)15-20-14-19(4-2)29-32-20/h4-9,11,14,17-18,24,26H,2-3,10,12-13,15-16H2,1H3,(H,28,31)/t17-,18-,24+,26+/m0/s1. The van der Waals surface area contributed by atoms with Gasteiger partial charge in [-0.3, -0.25) is 14.7 Å². The lowest BCUT2D eigenvalue weighted by Crippen LogP contribution is -2.57. The number of aromatic nitrogens is 2. The first kappa shape index (κ1) is 20.9. The molecule has 3 saturated heterocycles. The molecular formula is C26H30N4O2.